The molecule has 0 saturated carbocycles. The van der Waals surface area contributed by atoms with Crippen LogP contribution in [-0.4, -0.2) is 56.8 Å². The maximum absolute atomic E-state index is 13.9. The molecule has 9 heteroatoms. The highest BCUT2D eigenvalue weighted by Gasteiger charge is 2.22. The molecule has 3 heterocycles. The monoisotopic (exact) mass is 360 g/mol. The van der Waals surface area contributed by atoms with Crippen molar-refractivity contribution in [3.05, 3.63) is 41.4 Å². The Balaban J connectivity index is 1.30. The van der Waals surface area contributed by atoms with Crippen LogP contribution in [0.5, 0.6) is 0 Å². The number of aromatic nitrogens is 4. The molecule has 130 valence electrons. The first-order valence-corrected chi connectivity index (χ1v) is 8.95. The molecule has 0 N–H and O–H groups in total. The van der Waals surface area contributed by atoms with Gasteiger partial charge in [-0.25, -0.2) is 4.39 Å². The van der Waals surface area contributed by atoms with Gasteiger partial charge in [0.05, 0.1) is 5.69 Å². The Kier molecular flexibility index (Phi) is 4.31. The zero-order valence-electron chi connectivity index (χ0n) is 13.5. The van der Waals surface area contributed by atoms with E-state index in [0.29, 0.717) is 44.7 Å². The predicted molar refractivity (Wildman–Crippen MR) is 92.2 cm³/mol. The number of carbonyl (C=O) groups excluding carboxylic acids is 1. The van der Waals surface area contributed by atoms with E-state index in [1.165, 1.54) is 17.4 Å². The van der Waals surface area contributed by atoms with Crippen molar-refractivity contribution in [1.29, 1.82) is 0 Å². The van der Waals surface area contributed by atoms with Crippen molar-refractivity contribution in [3.8, 4) is 0 Å². The van der Waals surface area contributed by atoms with E-state index in [0.717, 1.165) is 9.97 Å². The quantitative estimate of drug-likeness (QED) is 0.707. The van der Waals surface area contributed by atoms with E-state index in [-0.39, 0.29) is 11.7 Å². The number of nitrogens with zero attached hydrogens (tertiary/aromatic N) is 6. The van der Waals surface area contributed by atoms with Gasteiger partial charge in [-0.15, -0.1) is 10.2 Å². The van der Waals surface area contributed by atoms with Crippen LogP contribution in [0.15, 0.2) is 30.6 Å². The minimum absolute atomic E-state index is 0.110. The van der Waals surface area contributed by atoms with Gasteiger partial charge in [0.25, 0.3) is 0 Å². The fraction of sp³-hybridized carbons (Fsp3) is 0.375. The van der Waals surface area contributed by atoms with Gasteiger partial charge in [0, 0.05) is 39.0 Å². The Morgan fingerprint density at radius 2 is 2.00 bits per heavy atom. The predicted octanol–water partition coefficient (Wildman–Crippen LogP) is 1.61. The molecule has 1 saturated heterocycles. The number of benzene rings is 1. The number of fused-ring (bicyclic) bond motifs is 1. The molecule has 1 aliphatic heterocycles. The second-order valence-corrected chi connectivity index (χ2v) is 6.91. The van der Waals surface area contributed by atoms with Crippen LogP contribution >= 0.6 is 11.3 Å². The van der Waals surface area contributed by atoms with Crippen LogP contribution in [-0.2, 0) is 11.2 Å². The number of para-hydroxylation sites is 1. The van der Waals surface area contributed by atoms with Gasteiger partial charge in [-0.05, 0) is 12.1 Å². The number of amides is 1. The third-order valence-corrected chi connectivity index (χ3v) is 5.28. The molecule has 25 heavy (non-hydrogen) atoms. The summed E-state index contributed by atoms with van der Waals surface area (Å²) in [5.41, 5.74) is 0.606. The standard InChI is InChI=1S/C16H17FN6OS/c17-12-3-1-2-4-13(12)21-7-9-22(10-8-21)15(24)6-5-14-20-23-11-18-19-16(23)25-14/h1-4,11H,5-10H2. The highest BCUT2D eigenvalue weighted by atomic mass is 32.1. The van der Waals surface area contributed by atoms with Crippen LogP contribution in [0.1, 0.15) is 11.4 Å². The zero-order valence-corrected chi connectivity index (χ0v) is 14.3. The van der Waals surface area contributed by atoms with Gasteiger partial charge >= 0.3 is 0 Å². The molecular weight excluding hydrogens is 343 g/mol. The van der Waals surface area contributed by atoms with Crippen molar-refractivity contribution in [1.82, 2.24) is 24.7 Å². The van der Waals surface area contributed by atoms with E-state index >= 15 is 0 Å². The number of halogens is 1. The Morgan fingerprint density at radius 3 is 2.76 bits per heavy atom. The van der Waals surface area contributed by atoms with E-state index in [9.17, 15) is 9.18 Å². The van der Waals surface area contributed by atoms with E-state index in [1.54, 1.807) is 23.0 Å². The Labute approximate surface area is 147 Å². The Hall–Kier alpha value is -2.55. The molecule has 3 aromatic rings. The molecule has 0 unspecified atom stereocenters. The first-order valence-electron chi connectivity index (χ1n) is 8.14. The van der Waals surface area contributed by atoms with E-state index in [4.69, 9.17) is 0 Å². The molecule has 0 atom stereocenters. The Bertz CT molecular complexity index is 857. The summed E-state index contributed by atoms with van der Waals surface area (Å²) in [5, 5.41) is 12.9. The number of rotatable bonds is 4. The van der Waals surface area contributed by atoms with Crippen molar-refractivity contribution >= 4 is 27.9 Å². The van der Waals surface area contributed by atoms with E-state index < -0.39 is 0 Å². The van der Waals surface area contributed by atoms with Crippen LogP contribution in [0.4, 0.5) is 10.1 Å². The van der Waals surface area contributed by atoms with Gasteiger partial charge in [-0.1, -0.05) is 23.5 Å². The molecule has 0 spiro atoms. The topological polar surface area (TPSA) is 66.6 Å². The smallest absolute Gasteiger partial charge is 0.234 e. The molecule has 0 bridgehead atoms. The zero-order chi connectivity index (χ0) is 17.2. The van der Waals surface area contributed by atoms with Crippen molar-refractivity contribution in [2.75, 3.05) is 31.1 Å². The average molecular weight is 360 g/mol. The SMILES string of the molecule is O=C(CCc1nn2cnnc2s1)N1CCN(c2ccccc2F)CC1. The maximum Gasteiger partial charge on any atom is 0.234 e. The second-order valence-electron chi connectivity index (χ2n) is 5.87. The summed E-state index contributed by atoms with van der Waals surface area (Å²) < 4.78 is 15.5. The summed E-state index contributed by atoms with van der Waals surface area (Å²) in [6.45, 7) is 2.50. The minimum Gasteiger partial charge on any atom is -0.366 e. The van der Waals surface area contributed by atoms with Crippen molar-refractivity contribution in [2.45, 2.75) is 12.8 Å². The Morgan fingerprint density at radius 1 is 1.20 bits per heavy atom. The maximum atomic E-state index is 13.9. The van der Waals surface area contributed by atoms with Crippen molar-refractivity contribution in [2.24, 2.45) is 0 Å². The number of piperazine rings is 1. The van der Waals surface area contributed by atoms with Gasteiger partial charge in [0.2, 0.25) is 10.9 Å². The fourth-order valence-corrected chi connectivity index (χ4v) is 3.79. The first kappa shape index (κ1) is 15.9. The molecule has 0 radical (unpaired) electrons. The third-order valence-electron chi connectivity index (χ3n) is 4.31. The number of aryl methyl sites for hydroxylation is 1. The summed E-state index contributed by atoms with van der Waals surface area (Å²) in [6.07, 6.45) is 2.57. The van der Waals surface area contributed by atoms with E-state index in [2.05, 4.69) is 15.3 Å². The molecule has 1 amide bonds. The van der Waals surface area contributed by atoms with Gasteiger partial charge in [-0.3, -0.25) is 4.79 Å². The summed E-state index contributed by atoms with van der Waals surface area (Å²) in [5.74, 6) is -0.107. The molecule has 2 aromatic heterocycles. The molecule has 1 fully saturated rings. The van der Waals surface area contributed by atoms with Crippen molar-refractivity contribution in [3.63, 3.8) is 0 Å². The molecule has 7 nitrogen and oxygen atoms in total. The fourth-order valence-electron chi connectivity index (χ4n) is 2.98. The van der Waals surface area contributed by atoms with E-state index in [1.807, 2.05) is 15.9 Å². The number of anilines is 1. The van der Waals surface area contributed by atoms with Crippen LogP contribution in [0.2, 0.25) is 0 Å². The first-order chi connectivity index (χ1) is 12.2. The van der Waals surface area contributed by atoms with Crippen LogP contribution in [0.25, 0.3) is 4.96 Å². The molecule has 1 aliphatic rings. The molecule has 4 rings (SSSR count). The summed E-state index contributed by atoms with van der Waals surface area (Å²) in [7, 11) is 0. The number of hydrogen-bond acceptors (Lipinski definition) is 6. The van der Waals surface area contributed by atoms with Crippen LogP contribution in [0.3, 0.4) is 0 Å². The van der Waals surface area contributed by atoms with Gasteiger partial charge < -0.3 is 9.80 Å². The lowest BCUT2D eigenvalue weighted by Crippen LogP contribution is -2.49. The van der Waals surface area contributed by atoms with Gasteiger partial charge in [0.1, 0.15) is 17.2 Å². The normalized spacial score (nSPS) is 15.1. The summed E-state index contributed by atoms with van der Waals surface area (Å²) in [6, 6.07) is 6.76. The second kappa shape index (κ2) is 6.75. The molecule has 1 aromatic carbocycles. The van der Waals surface area contributed by atoms with Crippen LogP contribution < -0.4 is 4.90 Å². The third kappa shape index (κ3) is 3.32. The van der Waals surface area contributed by atoms with Gasteiger partial charge in [-0.2, -0.15) is 9.61 Å². The lowest BCUT2D eigenvalue weighted by molar-refractivity contribution is -0.131. The highest BCUT2D eigenvalue weighted by molar-refractivity contribution is 7.16. The largest absolute Gasteiger partial charge is 0.366 e. The summed E-state index contributed by atoms with van der Waals surface area (Å²) in [4.78, 5) is 17.0. The lowest BCUT2D eigenvalue weighted by atomic mass is 10.2. The highest BCUT2D eigenvalue weighted by Crippen LogP contribution is 2.20. The number of carbonyl (C=O) groups is 1. The minimum atomic E-state index is -0.217. The molecule has 0 aliphatic carbocycles. The van der Waals surface area contributed by atoms with Gasteiger partial charge in [0.15, 0.2) is 0 Å². The van der Waals surface area contributed by atoms with Crippen LogP contribution in [0, 0.1) is 5.82 Å². The van der Waals surface area contributed by atoms with Crippen molar-refractivity contribution < 1.29 is 9.18 Å². The number of hydrogen-bond donors (Lipinski definition) is 0. The lowest BCUT2D eigenvalue weighted by Gasteiger charge is -2.36. The molecular formula is C16H17FN6OS. The summed E-state index contributed by atoms with van der Waals surface area (Å²) >= 11 is 1.45. The average Bonchev–Trinajstić information content (AvgIpc) is 3.22.